The highest BCUT2D eigenvalue weighted by Gasteiger charge is 2.54. The third kappa shape index (κ3) is 2.26. The summed E-state index contributed by atoms with van der Waals surface area (Å²) in [7, 11) is 0. The number of carbonyl (C=O) groups is 2. The Kier molecular flexibility index (Phi) is 3.29. The van der Waals surface area contributed by atoms with Crippen molar-refractivity contribution in [1.82, 2.24) is 5.32 Å². The van der Waals surface area contributed by atoms with Gasteiger partial charge in [-0.05, 0) is 73.1 Å². The van der Waals surface area contributed by atoms with E-state index in [1.165, 1.54) is 30.6 Å². The van der Waals surface area contributed by atoms with Gasteiger partial charge in [-0.2, -0.15) is 0 Å². The average molecular weight is 318 g/mol. The molecule has 5 heteroatoms. The maximum absolute atomic E-state index is 12.3. The SMILES string of the molecule is O=C(N[C@@H](C(=O)[O-])C12CC3CC(CC(C3)C1)C2)c1cccs1. The number of carbonyl (C=O) groups excluding carboxylic acids is 2. The number of thiophene rings is 1. The van der Waals surface area contributed by atoms with Crippen LogP contribution in [0.5, 0.6) is 0 Å². The molecule has 1 atom stereocenters. The Bertz CT molecular complexity index is 560. The van der Waals surface area contributed by atoms with E-state index in [1.807, 2.05) is 5.38 Å². The van der Waals surface area contributed by atoms with E-state index >= 15 is 0 Å². The number of carboxylic acids is 1. The zero-order valence-corrected chi connectivity index (χ0v) is 13.2. The molecule has 4 aliphatic carbocycles. The molecule has 1 amide bonds. The zero-order chi connectivity index (χ0) is 15.3. The lowest BCUT2D eigenvalue weighted by molar-refractivity contribution is -0.313. The van der Waals surface area contributed by atoms with Crippen LogP contribution < -0.4 is 10.4 Å². The Morgan fingerprint density at radius 2 is 1.77 bits per heavy atom. The van der Waals surface area contributed by atoms with E-state index in [-0.39, 0.29) is 11.3 Å². The van der Waals surface area contributed by atoms with Gasteiger partial charge < -0.3 is 15.2 Å². The van der Waals surface area contributed by atoms with Gasteiger partial charge in [0.05, 0.1) is 16.9 Å². The number of aliphatic carboxylic acids is 1. The molecule has 4 nitrogen and oxygen atoms in total. The van der Waals surface area contributed by atoms with E-state index in [4.69, 9.17) is 0 Å². The van der Waals surface area contributed by atoms with Crippen molar-refractivity contribution in [2.75, 3.05) is 0 Å². The molecule has 0 aromatic carbocycles. The van der Waals surface area contributed by atoms with Crippen LogP contribution in [0.1, 0.15) is 48.2 Å². The number of carboxylic acid groups (broad SMARTS) is 1. The van der Waals surface area contributed by atoms with Crippen LogP contribution in [0.2, 0.25) is 0 Å². The predicted octanol–water partition coefficient (Wildman–Crippen LogP) is 1.81. The van der Waals surface area contributed by atoms with E-state index in [9.17, 15) is 14.7 Å². The van der Waals surface area contributed by atoms with Crippen molar-refractivity contribution >= 4 is 23.2 Å². The van der Waals surface area contributed by atoms with Gasteiger partial charge in [0.15, 0.2) is 0 Å². The molecule has 4 fully saturated rings. The third-order valence-corrected chi connectivity index (χ3v) is 6.82. The molecular formula is C17H20NO3S-. The summed E-state index contributed by atoms with van der Waals surface area (Å²) in [5.74, 6) is 0.539. The van der Waals surface area contributed by atoms with Crippen LogP contribution in [0.4, 0.5) is 0 Å². The Balaban J connectivity index is 1.59. The molecule has 0 unspecified atom stereocenters. The summed E-state index contributed by atoms with van der Waals surface area (Å²) in [6.07, 6.45) is 6.54. The third-order valence-electron chi connectivity index (χ3n) is 5.95. The van der Waals surface area contributed by atoms with E-state index in [2.05, 4.69) is 5.32 Å². The fourth-order valence-corrected chi connectivity index (χ4v) is 6.23. The van der Waals surface area contributed by atoms with Crippen LogP contribution in [0.15, 0.2) is 17.5 Å². The Morgan fingerprint density at radius 1 is 1.18 bits per heavy atom. The monoisotopic (exact) mass is 318 g/mol. The summed E-state index contributed by atoms with van der Waals surface area (Å²) < 4.78 is 0. The average Bonchev–Trinajstić information content (AvgIpc) is 2.96. The molecular weight excluding hydrogens is 298 g/mol. The number of hydrogen-bond donors (Lipinski definition) is 1. The fraction of sp³-hybridized carbons (Fsp3) is 0.647. The van der Waals surface area contributed by atoms with Gasteiger partial charge in [0.2, 0.25) is 0 Å². The summed E-state index contributed by atoms with van der Waals surface area (Å²) in [4.78, 5) is 24.7. The number of amides is 1. The Hall–Kier alpha value is -1.36. The first-order valence-electron chi connectivity index (χ1n) is 8.11. The molecule has 4 saturated carbocycles. The topological polar surface area (TPSA) is 69.2 Å². The Morgan fingerprint density at radius 3 is 2.23 bits per heavy atom. The number of rotatable bonds is 4. The van der Waals surface area contributed by atoms with Crippen molar-refractivity contribution in [3.63, 3.8) is 0 Å². The molecule has 118 valence electrons. The van der Waals surface area contributed by atoms with Crippen molar-refractivity contribution in [3.8, 4) is 0 Å². The molecule has 4 bridgehead atoms. The summed E-state index contributed by atoms with van der Waals surface area (Å²) in [5.41, 5.74) is -0.277. The minimum atomic E-state index is -1.12. The van der Waals surface area contributed by atoms with Crippen molar-refractivity contribution in [2.24, 2.45) is 23.2 Å². The van der Waals surface area contributed by atoms with Crippen molar-refractivity contribution in [3.05, 3.63) is 22.4 Å². The van der Waals surface area contributed by atoms with Gasteiger partial charge in [-0.3, -0.25) is 4.79 Å². The van der Waals surface area contributed by atoms with Crippen LogP contribution in [-0.2, 0) is 4.79 Å². The zero-order valence-electron chi connectivity index (χ0n) is 12.4. The van der Waals surface area contributed by atoms with Gasteiger partial charge in [0, 0.05) is 0 Å². The summed E-state index contributed by atoms with van der Waals surface area (Å²) >= 11 is 1.34. The number of nitrogens with one attached hydrogen (secondary N) is 1. The first-order chi connectivity index (χ1) is 10.6. The highest BCUT2D eigenvalue weighted by molar-refractivity contribution is 7.12. The van der Waals surface area contributed by atoms with Crippen molar-refractivity contribution < 1.29 is 14.7 Å². The summed E-state index contributed by atoms with van der Waals surface area (Å²) in [6.45, 7) is 0. The van der Waals surface area contributed by atoms with Gasteiger partial charge in [-0.15, -0.1) is 11.3 Å². The van der Waals surface area contributed by atoms with E-state index < -0.39 is 12.0 Å². The quantitative estimate of drug-likeness (QED) is 0.920. The second kappa shape index (κ2) is 5.08. The maximum Gasteiger partial charge on any atom is 0.261 e. The first kappa shape index (κ1) is 14.2. The van der Waals surface area contributed by atoms with Crippen LogP contribution in [-0.4, -0.2) is 17.9 Å². The van der Waals surface area contributed by atoms with Gasteiger partial charge in [0.25, 0.3) is 5.91 Å². The van der Waals surface area contributed by atoms with Gasteiger partial charge in [0.1, 0.15) is 0 Å². The Labute approximate surface area is 133 Å². The highest BCUT2D eigenvalue weighted by atomic mass is 32.1. The molecule has 0 radical (unpaired) electrons. The van der Waals surface area contributed by atoms with Crippen LogP contribution in [0.25, 0.3) is 0 Å². The van der Waals surface area contributed by atoms with Gasteiger partial charge in [-0.25, -0.2) is 0 Å². The largest absolute Gasteiger partial charge is 0.548 e. The minimum absolute atomic E-state index is 0.277. The van der Waals surface area contributed by atoms with Crippen LogP contribution in [0, 0.1) is 23.2 Å². The van der Waals surface area contributed by atoms with Crippen molar-refractivity contribution in [1.29, 1.82) is 0 Å². The molecule has 22 heavy (non-hydrogen) atoms. The molecule has 5 rings (SSSR count). The molecule has 1 N–H and O–H groups in total. The normalized spacial score (nSPS) is 37.0. The minimum Gasteiger partial charge on any atom is -0.548 e. The lowest BCUT2D eigenvalue weighted by atomic mass is 9.47. The van der Waals surface area contributed by atoms with Gasteiger partial charge in [-0.1, -0.05) is 6.07 Å². The second-order valence-electron chi connectivity index (χ2n) is 7.48. The van der Waals surface area contributed by atoms with E-state index in [1.54, 1.807) is 12.1 Å². The van der Waals surface area contributed by atoms with Crippen LogP contribution >= 0.6 is 11.3 Å². The fourth-order valence-electron chi connectivity index (χ4n) is 5.60. The molecule has 1 aromatic heterocycles. The summed E-state index contributed by atoms with van der Waals surface area (Å²) in [5, 5.41) is 16.4. The number of hydrogen-bond acceptors (Lipinski definition) is 4. The molecule has 1 heterocycles. The lowest BCUT2D eigenvalue weighted by Gasteiger charge is -2.59. The second-order valence-corrected chi connectivity index (χ2v) is 8.43. The standard InChI is InChI=1S/C17H21NO3S/c19-15(13-2-1-3-22-13)18-14(16(20)21)17-7-10-4-11(8-17)6-12(5-10)9-17/h1-3,10-12,14H,4-9H2,(H,18,19)(H,20,21)/p-1/t10?,11?,12?,14-,17?/m0/s1. The smallest absolute Gasteiger partial charge is 0.261 e. The van der Waals surface area contributed by atoms with E-state index in [0.29, 0.717) is 22.6 Å². The van der Waals surface area contributed by atoms with Gasteiger partial charge >= 0.3 is 0 Å². The van der Waals surface area contributed by atoms with Crippen LogP contribution in [0.3, 0.4) is 0 Å². The predicted molar refractivity (Wildman–Crippen MR) is 81.2 cm³/mol. The molecule has 4 aliphatic rings. The maximum atomic E-state index is 12.3. The molecule has 1 aromatic rings. The lowest BCUT2D eigenvalue weighted by Crippen LogP contribution is -2.62. The summed E-state index contributed by atoms with van der Waals surface area (Å²) in [6, 6.07) is 2.68. The highest BCUT2D eigenvalue weighted by Crippen LogP contribution is 2.61. The molecule has 0 aliphatic heterocycles. The van der Waals surface area contributed by atoms with E-state index in [0.717, 1.165) is 19.3 Å². The van der Waals surface area contributed by atoms with Crippen molar-refractivity contribution in [2.45, 2.75) is 44.6 Å². The molecule has 0 saturated heterocycles. The first-order valence-corrected chi connectivity index (χ1v) is 8.99. The molecule has 0 spiro atoms.